The predicted octanol–water partition coefficient (Wildman–Crippen LogP) is 2.28. The van der Waals surface area contributed by atoms with Gasteiger partial charge < -0.3 is 4.74 Å². The van der Waals surface area contributed by atoms with Crippen LogP contribution in [-0.4, -0.2) is 27.1 Å². The lowest BCUT2D eigenvalue weighted by Crippen LogP contribution is -2.50. The quantitative estimate of drug-likeness (QED) is 0.735. The van der Waals surface area contributed by atoms with Gasteiger partial charge in [0.2, 0.25) is 0 Å². The van der Waals surface area contributed by atoms with Crippen molar-refractivity contribution < 1.29 is 14.3 Å². The molecule has 120 valence electrons. The summed E-state index contributed by atoms with van der Waals surface area (Å²) >= 11 is 0. The number of esters is 1. The number of nitrogens with zero attached hydrogens (tertiary/aromatic N) is 2. The van der Waals surface area contributed by atoms with Crippen LogP contribution in [0.4, 0.5) is 0 Å². The van der Waals surface area contributed by atoms with Crippen LogP contribution in [0, 0.1) is 0 Å². The van der Waals surface area contributed by atoms with E-state index in [1.165, 1.54) is 11.0 Å². The van der Waals surface area contributed by atoms with Gasteiger partial charge in [-0.2, -0.15) is 0 Å². The van der Waals surface area contributed by atoms with E-state index in [0.29, 0.717) is 12.0 Å². The van der Waals surface area contributed by atoms with Crippen LogP contribution in [0.15, 0.2) is 54.9 Å². The molecular formula is C18H15N3O3. The van der Waals surface area contributed by atoms with E-state index < -0.39 is 17.5 Å². The second-order valence-corrected chi connectivity index (χ2v) is 6.00. The third-order valence-corrected chi connectivity index (χ3v) is 4.24. The van der Waals surface area contributed by atoms with E-state index >= 15 is 0 Å². The van der Waals surface area contributed by atoms with Crippen LogP contribution >= 0.6 is 0 Å². The van der Waals surface area contributed by atoms with Crippen molar-refractivity contribution >= 4 is 22.9 Å². The molecule has 1 aliphatic heterocycles. The fraction of sp³-hybridized carbons (Fsp3) is 0.167. The minimum Gasteiger partial charge on any atom is -0.445 e. The summed E-state index contributed by atoms with van der Waals surface area (Å²) in [5, 5.41) is 0. The molecule has 0 spiro atoms. The molecule has 2 heterocycles. The van der Waals surface area contributed by atoms with Gasteiger partial charge in [0.05, 0.1) is 16.6 Å². The maximum atomic E-state index is 12.7. The summed E-state index contributed by atoms with van der Waals surface area (Å²) in [5.41, 5.74) is 4.36. The van der Waals surface area contributed by atoms with Crippen LogP contribution in [0.1, 0.15) is 22.8 Å². The number of hydrogen-bond acceptors (Lipinski definition) is 4. The standard InChI is InChI=1S/C18H15N3O3/c1-18(10-12-6-2-3-7-13(12)16(22)24-18)17(23)20-21-11-19-14-8-4-5-9-15(14)21/h2-9,11H,10H2,1H3,(H,20,23)/t18-/m1/s1. The highest BCUT2D eigenvalue weighted by molar-refractivity contribution is 6.00. The molecule has 1 N–H and O–H groups in total. The van der Waals surface area contributed by atoms with Gasteiger partial charge in [-0.1, -0.05) is 30.3 Å². The fourth-order valence-electron chi connectivity index (χ4n) is 2.94. The maximum Gasteiger partial charge on any atom is 0.339 e. The number of fused-ring (bicyclic) bond motifs is 2. The van der Waals surface area contributed by atoms with Crippen molar-refractivity contribution in [3.63, 3.8) is 0 Å². The van der Waals surface area contributed by atoms with Crippen LogP contribution < -0.4 is 5.43 Å². The topological polar surface area (TPSA) is 73.2 Å². The first kappa shape index (κ1) is 14.4. The third kappa shape index (κ3) is 2.23. The summed E-state index contributed by atoms with van der Waals surface area (Å²) in [4.78, 5) is 29.2. The number of imidazole rings is 1. The molecule has 0 saturated heterocycles. The normalized spacial score (nSPS) is 19.6. The van der Waals surface area contributed by atoms with Gasteiger partial charge >= 0.3 is 5.97 Å². The van der Waals surface area contributed by atoms with E-state index in [2.05, 4.69) is 10.4 Å². The lowest BCUT2D eigenvalue weighted by atomic mass is 9.89. The average molecular weight is 321 g/mol. The molecule has 1 amide bonds. The smallest absolute Gasteiger partial charge is 0.339 e. The molecule has 6 heteroatoms. The number of nitrogens with one attached hydrogen (secondary N) is 1. The van der Waals surface area contributed by atoms with E-state index in [9.17, 15) is 9.59 Å². The Morgan fingerprint density at radius 1 is 1.21 bits per heavy atom. The van der Waals surface area contributed by atoms with Gasteiger partial charge in [0.1, 0.15) is 6.33 Å². The third-order valence-electron chi connectivity index (χ3n) is 4.24. The second-order valence-electron chi connectivity index (χ2n) is 6.00. The first-order chi connectivity index (χ1) is 11.6. The average Bonchev–Trinajstić information content (AvgIpc) is 2.98. The Kier molecular flexibility index (Phi) is 3.13. The van der Waals surface area contributed by atoms with Gasteiger partial charge in [0, 0.05) is 6.42 Å². The molecule has 0 radical (unpaired) electrons. The van der Waals surface area contributed by atoms with E-state index in [-0.39, 0.29) is 0 Å². The molecule has 3 aromatic rings. The van der Waals surface area contributed by atoms with Gasteiger partial charge in [0.15, 0.2) is 5.60 Å². The lowest BCUT2D eigenvalue weighted by Gasteiger charge is -2.33. The highest BCUT2D eigenvalue weighted by Gasteiger charge is 2.42. The van der Waals surface area contributed by atoms with Gasteiger partial charge in [-0.25, -0.2) is 14.5 Å². The summed E-state index contributed by atoms with van der Waals surface area (Å²) in [5.74, 6) is -0.876. The molecule has 0 aliphatic carbocycles. The predicted molar refractivity (Wildman–Crippen MR) is 88.1 cm³/mol. The fourth-order valence-corrected chi connectivity index (χ4v) is 2.94. The molecule has 0 saturated carbocycles. The number of amides is 1. The number of carbonyl (C=O) groups is 2. The van der Waals surface area contributed by atoms with E-state index in [4.69, 9.17) is 4.74 Å². The van der Waals surface area contributed by atoms with E-state index in [1.807, 2.05) is 36.4 Å². The van der Waals surface area contributed by atoms with Crippen molar-refractivity contribution in [1.82, 2.24) is 9.66 Å². The van der Waals surface area contributed by atoms with Crippen molar-refractivity contribution in [2.24, 2.45) is 0 Å². The molecular weight excluding hydrogens is 306 g/mol. The summed E-state index contributed by atoms with van der Waals surface area (Å²) in [6.45, 7) is 1.62. The number of cyclic esters (lactones) is 1. The Hall–Kier alpha value is -3.15. The van der Waals surface area contributed by atoms with Crippen molar-refractivity contribution in [3.8, 4) is 0 Å². The number of benzene rings is 2. The summed E-state index contributed by atoms with van der Waals surface area (Å²) in [7, 11) is 0. The Bertz CT molecular complexity index is 963. The molecule has 1 aromatic heterocycles. The highest BCUT2D eigenvalue weighted by atomic mass is 16.6. The maximum absolute atomic E-state index is 12.7. The Labute approximate surface area is 138 Å². The molecule has 1 atom stereocenters. The molecule has 1 aliphatic rings. The van der Waals surface area contributed by atoms with Crippen molar-refractivity contribution in [3.05, 3.63) is 66.0 Å². The number of para-hydroxylation sites is 2. The number of rotatable bonds is 2. The Morgan fingerprint density at radius 3 is 2.83 bits per heavy atom. The van der Waals surface area contributed by atoms with Crippen LogP contribution in [0.5, 0.6) is 0 Å². The molecule has 24 heavy (non-hydrogen) atoms. The van der Waals surface area contributed by atoms with Gasteiger partial charge in [-0.3, -0.25) is 10.2 Å². The monoisotopic (exact) mass is 321 g/mol. The number of aromatic nitrogens is 2. The number of hydrogen-bond donors (Lipinski definition) is 1. The number of ether oxygens (including phenoxy) is 1. The molecule has 0 bridgehead atoms. The second kappa shape index (κ2) is 5.19. The minimum atomic E-state index is -1.27. The molecule has 6 nitrogen and oxygen atoms in total. The summed E-state index contributed by atoms with van der Waals surface area (Å²) in [6, 6.07) is 14.6. The Balaban J connectivity index is 1.64. The summed E-state index contributed by atoms with van der Waals surface area (Å²) in [6.07, 6.45) is 1.86. The van der Waals surface area contributed by atoms with Crippen LogP contribution in [0.2, 0.25) is 0 Å². The number of carbonyl (C=O) groups excluding carboxylic acids is 2. The zero-order valence-corrected chi connectivity index (χ0v) is 13.0. The van der Waals surface area contributed by atoms with Crippen LogP contribution in [0.25, 0.3) is 11.0 Å². The highest BCUT2D eigenvalue weighted by Crippen LogP contribution is 2.28. The molecule has 2 aromatic carbocycles. The van der Waals surface area contributed by atoms with E-state index in [1.54, 1.807) is 19.1 Å². The van der Waals surface area contributed by atoms with Crippen molar-refractivity contribution in [2.75, 3.05) is 5.43 Å². The minimum absolute atomic E-state index is 0.327. The largest absolute Gasteiger partial charge is 0.445 e. The lowest BCUT2D eigenvalue weighted by molar-refractivity contribution is -0.135. The first-order valence-electron chi connectivity index (χ1n) is 7.62. The summed E-state index contributed by atoms with van der Waals surface area (Å²) < 4.78 is 6.98. The van der Waals surface area contributed by atoms with Gasteiger partial charge in [0.25, 0.3) is 5.91 Å². The zero-order valence-electron chi connectivity index (χ0n) is 13.0. The zero-order chi connectivity index (χ0) is 16.7. The Morgan fingerprint density at radius 2 is 1.96 bits per heavy atom. The molecule has 4 rings (SSSR count). The van der Waals surface area contributed by atoms with Gasteiger partial charge in [-0.15, -0.1) is 0 Å². The van der Waals surface area contributed by atoms with Gasteiger partial charge in [-0.05, 0) is 30.7 Å². The SMILES string of the molecule is C[C@]1(C(=O)Nn2cnc3ccccc32)Cc2ccccc2C(=O)O1. The first-order valence-corrected chi connectivity index (χ1v) is 7.62. The van der Waals surface area contributed by atoms with Crippen LogP contribution in [-0.2, 0) is 16.0 Å². The van der Waals surface area contributed by atoms with Crippen molar-refractivity contribution in [1.29, 1.82) is 0 Å². The van der Waals surface area contributed by atoms with E-state index in [0.717, 1.165) is 16.6 Å². The van der Waals surface area contributed by atoms with Crippen LogP contribution in [0.3, 0.4) is 0 Å². The molecule has 0 fully saturated rings. The van der Waals surface area contributed by atoms with Crippen molar-refractivity contribution in [2.45, 2.75) is 18.9 Å². The molecule has 0 unspecified atom stereocenters.